The molecule has 4 N–H and O–H groups in total. The molecule has 0 bridgehead atoms. The van der Waals surface area contributed by atoms with E-state index in [0.29, 0.717) is 6.42 Å². The Hall–Kier alpha value is -0.910. The van der Waals surface area contributed by atoms with Gasteiger partial charge in [-0.05, 0) is 19.3 Å². The van der Waals surface area contributed by atoms with E-state index in [1.165, 1.54) is 135 Å². The van der Waals surface area contributed by atoms with E-state index in [4.69, 9.17) is 0 Å². The molecule has 0 saturated carbocycles. The summed E-state index contributed by atoms with van der Waals surface area (Å²) in [5, 5.41) is 32.9. The van der Waals surface area contributed by atoms with Crippen LogP contribution in [0, 0.1) is 0 Å². The third kappa shape index (κ3) is 27.7. The number of allylic oxidation sites excluding steroid dienone is 1. The molecule has 1 unspecified atom stereocenters. The highest BCUT2D eigenvalue weighted by Gasteiger charge is 2.22. The summed E-state index contributed by atoms with van der Waals surface area (Å²) in [5.41, 5.74) is 0. The number of hydrogen-bond donors (Lipinski definition) is 4. The lowest BCUT2D eigenvalue weighted by molar-refractivity contribution is -0.131. The second-order valence-corrected chi connectivity index (χ2v) is 12.4. The Morgan fingerprint density at radius 2 is 0.951 bits per heavy atom. The zero-order valence-electron chi connectivity index (χ0n) is 27.4. The smallest absolute Gasteiger partial charge is 0.249 e. The number of unbranched alkanes of at least 4 members (excludes halogenated alkanes) is 24. The van der Waals surface area contributed by atoms with Gasteiger partial charge in [-0.1, -0.05) is 180 Å². The van der Waals surface area contributed by atoms with E-state index in [0.717, 1.165) is 32.1 Å². The topological polar surface area (TPSA) is 89.8 Å². The van der Waals surface area contributed by atoms with Gasteiger partial charge < -0.3 is 20.6 Å². The number of hydrogen-bond acceptors (Lipinski definition) is 4. The maximum atomic E-state index is 12.4. The van der Waals surface area contributed by atoms with Crippen molar-refractivity contribution < 1.29 is 20.1 Å². The van der Waals surface area contributed by atoms with E-state index >= 15 is 0 Å². The third-order valence-corrected chi connectivity index (χ3v) is 8.38. The Kier molecular flexibility index (Phi) is 31.3. The highest BCUT2D eigenvalue weighted by Crippen LogP contribution is 2.15. The fourth-order valence-electron chi connectivity index (χ4n) is 5.48. The molecule has 0 aromatic heterocycles. The predicted molar refractivity (Wildman–Crippen MR) is 176 cm³/mol. The van der Waals surface area contributed by atoms with Crippen molar-refractivity contribution >= 4 is 5.91 Å². The maximum Gasteiger partial charge on any atom is 0.249 e. The highest BCUT2D eigenvalue weighted by atomic mass is 16.3. The molecule has 5 nitrogen and oxygen atoms in total. The Morgan fingerprint density at radius 3 is 1.34 bits per heavy atom. The van der Waals surface area contributed by atoms with Gasteiger partial charge in [0.1, 0.15) is 6.10 Å². The molecule has 0 heterocycles. The molecule has 0 fully saturated rings. The normalized spacial score (nSPS) is 14.0. The molecule has 41 heavy (non-hydrogen) atoms. The molecule has 0 aliphatic heterocycles. The van der Waals surface area contributed by atoms with Gasteiger partial charge in [0.2, 0.25) is 5.91 Å². The van der Waals surface area contributed by atoms with E-state index in [-0.39, 0.29) is 6.61 Å². The van der Waals surface area contributed by atoms with Crippen LogP contribution in [0.3, 0.4) is 0 Å². The molecule has 0 aliphatic carbocycles. The molecule has 1 amide bonds. The maximum absolute atomic E-state index is 12.4. The van der Waals surface area contributed by atoms with Gasteiger partial charge in [-0.3, -0.25) is 4.79 Å². The van der Waals surface area contributed by atoms with Crippen LogP contribution in [0.25, 0.3) is 0 Å². The molecule has 0 saturated heterocycles. The van der Waals surface area contributed by atoms with Crippen molar-refractivity contribution in [1.29, 1.82) is 0 Å². The molecular weight excluding hydrogens is 510 g/mol. The van der Waals surface area contributed by atoms with Crippen LogP contribution in [-0.4, -0.2) is 46.1 Å². The predicted octanol–water partition coefficient (Wildman–Crippen LogP) is 9.31. The number of aliphatic hydroxyl groups excluding tert-OH is 3. The van der Waals surface area contributed by atoms with Gasteiger partial charge >= 0.3 is 0 Å². The average molecular weight is 582 g/mol. The summed E-state index contributed by atoms with van der Waals surface area (Å²) < 4.78 is 0. The van der Waals surface area contributed by atoms with Crippen molar-refractivity contribution in [3.63, 3.8) is 0 Å². The summed E-state index contributed by atoms with van der Waals surface area (Å²) in [6, 6.07) is -0.790. The number of aliphatic hydroxyl groups is 3. The minimum Gasteiger partial charge on any atom is -0.394 e. The number of amides is 1. The van der Waals surface area contributed by atoms with Crippen molar-refractivity contribution in [1.82, 2.24) is 5.32 Å². The first-order valence-corrected chi connectivity index (χ1v) is 18.0. The van der Waals surface area contributed by atoms with Gasteiger partial charge in [-0.15, -0.1) is 0 Å². The fraction of sp³-hybridized carbons (Fsp3) is 0.917. The van der Waals surface area contributed by atoms with Gasteiger partial charge in [-0.25, -0.2) is 0 Å². The summed E-state index contributed by atoms with van der Waals surface area (Å²) in [7, 11) is 0. The molecule has 244 valence electrons. The molecule has 0 aromatic carbocycles. The summed E-state index contributed by atoms with van der Waals surface area (Å²) in [6.07, 6.45) is 35.0. The standard InChI is InChI=1S/C36H71NO4/c1-3-5-7-9-11-13-15-17-19-21-23-25-27-29-31-35(40)36(41)37-33(32-38)34(39)30-28-26-24-22-20-18-16-14-12-10-8-6-4-2/h28,30,33-35,38-40H,3-27,29,31-32H2,1-2H3,(H,37,41)/b30-28+/t33-,34-,35?/m0/s1. The third-order valence-electron chi connectivity index (χ3n) is 8.38. The Labute approximate surface area is 255 Å². The molecule has 0 rings (SSSR count). The van der Waals surface area contributed by atoms with Crippen molar-refractivity contribution in [2.75, 3.05) is 6.61 Å². The summed E-state index contributed by atoms with van der Waals surface area (Å²) in [5.74, 6) is -0.503. The van der Waals surface area contributed by atoms with Crippen molar-refractivity contribution in [3.8, 4) is 0 Å². The summed E-state index contributed by atoms with van der Waals surface area (Å²) in [6.45, 7) is 4.16. The first-order chi connectivity index (χ1) is 20.1. The monoisotopic (exact) mass is 582 g/mol. The van der Waals surface area contributed by atoms with Crippen LogP contribution in [-0.2, 0) is 4.79 Å². The van der Waals surface area contributed by atoms with Gasteiger partial charge in [-0.2, -0.15) is 0 Å². The van der Waals surface area contributed by atoms with E-state index in [2.05, 4.69) is 19.2 Å². The zero-order valence-corrected chi connectivity index (χ0v) is 27.4. The van der Waals surface area contributed by atoms with Crippen molar-refractivity contribution in [3.05, 3.63) is 12.2 Å². The minimum absolute atomic E-state index is 0.360. The average Bonchev–Trinajstić information content (AvgIpc) is 2.98. The lowest BCUT2D eigenvalue weighted by Gasteiger charge is -2.21. The van der Waals surface area contributed by atoms with E-state index in [1.807, 2.05) is 6.08 Å². The summed E-state index contributed by atoms with van der Waals surface area (Å²) in [4.78, 5) is 12.4. The van der Waals surface area contributed by atoms with E-state index < -0.39 is 24.2 Å². The first kappa shape index (κ1) is 40.1. The van der Waals surface area contributed by atoms with Gasteiger partial charge in [0.25, 0.3) is 0 Å². The molecule has 0 aromatic rings. The van der Waals surface area contributed by atoms with Crippen LogP contribution in [0.2, 0.25) is 0 Å². The van der Waals surface area contributed by atoms with Gasteiger partial charge in [0.15, 0.2) is 0 Å². The summed E-state index contributed by atoms with van der Waals surface area (Å²) >= 11 is 0. The Bertz CT molecular complexity index is 568. The zero-order chi connectivity index (χ0) is 30.2. The first-order valence-electron chi connectivity index (χ1n) is 18.0. The second-order valence-electron chi connectivity index (χ2n) is 12.4. The van der Waals surface area contributed by atoms with Crippen molar-refractivity contribution in [2.45, 2.75) is 205 Å². The largest absolute Gasteiger partial charge is 0.394 e. The van der Waals surface area contributed by atoms with Gasteiger partial charge in [0, 0.05) is 0 Å². The van der Waals surface area contributed by atoms with E-state index in [9.17, 15) is 20.1 Å². The number of carbonyl (C=O) groups excluding carboxylic acids is 1. The van der Waals surface area contributed by atoms with Crippen LogP contribution in [0.4, 0.5) is 0 Å². The SMILES string of the molecule is CCCCCCCCCCCCC/C=C/[C@H](O)[C@H](CO)NC(=O)C(O)CCCCCCCCCCCCCCCC. The lowest BCUT2D eigenvalue weighted by Crippen LogP contribution is -2.48. The van der Waals surface area contributed by atoms with Gasteiger partial charge in [0.05, 0.1) is 18.8 Å². The van der Waals surface area contributed by atoms with Crippen molar-refractivity contribution in [2.24, 2.45) is 0 Å². The fourth-order valence-corrected chi connectivity index (χ4v) is 5.48. The lowest BCUT2D eigenvalue weighted by atomic mass is 10.0. The minimum atomic E-state index is -1.09. The van der Waals surface area contributed by atoms with E-state index in [1.54, 1.807) is 6.08 Å². The molecule has 3 atom stereocenters. The number of carbonyl (C=O) groups is 1. The second kappa shape index (κ2) is 32.0. The van der Waals surface area contributed by atoms with Crippen LogP contribution in [0.15, 0.2) is 12.2 Å². The van der Waals surface area contributed by atoms with Crippen LogP contribution in [0.5, 0.6) is 0 Å². The van der Waals surface area contributed by atoms with Crippen LogP contribution in [0.1, 0.15) is 187 Å². The molecule has 0 radical (unpaired) electrons. The van der Waals surface area contributed by atoms with Crippen LogP contribution < -0.4 is 5.32 Å². The number of nitrogens with one attached hydrogen (secondary N) is 1. The number of rotatable bonds is 32. The molecule has 0 aliphatic rings. The molecule has 0 spiro atoms. The quantitative estimate of drug-likeness (QED) is 0.0471. The Morgan fingerprint density at radius 1 is 0.585 bits per heavy atom. The highest BCUT2D eigenvalue weighted by molar-refractivity contribution is 5.80. The Balaban J connectivity index is 3.74. The molecular formula is C36H71NO4. The van der Waals surface area contributed by atoms with Crippen LogP contribution >= 0.6 is 0 Å². The molecule has 5 heteroatoms.